The molecule has 1 aliphatic rings. The molecule has 33 heavy (non-hydrogen) atoms. The Morgan fingerprint density at radius 2 is 2.00 bits per heavy atom. The van der Waals surface area contributed by atoms with Gasteiger partial charge in [-0.15, -0.1) is 0 Å². The zero-order valence-electron chi connectivity index (χ0n) is 19.6. The van der Waals surface area contributed by atoms with Gasteiger partial charge in [-0.2, -0.15) is 11.8 Å². The third-order valence-corrected chi connectivity index (χ3v) is 6.27. The van der Waals surface area contributed by atoms with E-state index in [1.807, 2.05) is 24.5 Å². The van der Waals surface area contributed by atoms with Crippen molar-refractivity contribution in [2.45, 2.75) is 38.3 Å². The standard InChI is InChI=1S/C26H32N2O4S/c1-26(2)15-19-8-9-21(32-3)13-22(19)23(28-26)14-24(30)17-6-5-7-18(12-17)25(31)27-20(16-29)10-11-33-4/h5-9,12-14,20,28-29H,10-11,15-16H2,1-4H3,(H,27,31)/t20-/m0/s1. The van der Waals surface area contributed by atoms with Crippen molar-refractivity contribution in [1.82, 2.24) is 10.6 Å². The minimum absolute atomic E-state index is 0.124. The normalized spacial score (nSPS) is 16.5. The topological polar surface area (TPSA) is 87.7 Å². The number of allylic oxidation sites excluding steroid dienone is 1. The number of benzene rings is 2. The van der Waals surface area contributed by atoms with Crippen LogP contribution in [0.15, 0.2) is 48.5 Å². The number of amides is 1. The Labute approximate surface area is 199 Å². The second-order valence-electron chi connectivity index (χ2n) is 8.85. The first-order valence-electron chi connectivity index (χ1n) is 11.0. The lowest BCUT2D eigenvalue weighted by Crippen LogP contribution is -2.43. The molecule has 1 aliphatic heterocycles. The van der Waals surface area contributed by atoms with Gasteiger partial charge in [-0.25, -0.2) is 0 Å². The van der Waals surface area contributed by atoms with Crippen LogP contribution < -0.4 is 15.4 Å². The van der Waals surface area contributed by atoms with E-state index >= 15 is 0 Å². The van der Waals surface area contributed by atoms with E-state index in [2.05, 4.69) is 24.5 Å². The first kappa shape index (κ1) is 24.9. The number of hydrogen-bond donors (Lipinski definition) is 3. The number of rotatable bonds is 9. The van der Waals surface area contributed by atoms with Crippen LogP contribution in [0, 0.1) is 0 Å². The van der Waals surface area contributed by atoms with E-state index in [9.17, 15) is 14.7 Å². The Morgan fingerprint density at radius 3 is 2.70 bits per heavy atom. The second kappa shape index (κ2) is 10.9. The van der Waals surface area contributed by atoms with E-state index in [0.717, 1.165) is 34.7 Å². The Kier molecular flexibility index (Phi) is 8.21. The summed E-state index contributed by atoms with van der Waals surface area (Å²) < 4.78 is 5.37. The van der Waals surface area contributed by atoms with Crippen LogP contribution in [0.2, 0.25) is 0 Å². The molecule has 7 heteroatoms. The van der Waals surface area contributed by atoms with Crippen molar-refractivity contribution < 1.29 is 19.4 Å². The average molecular weight is 469 g/mol. The molecule has 3 rings (SSSR count). The average Bonchev–Trinajstić information content (AvgIpc) is 2.80. The van der Waals surface area contributed by atoms with Gasteiger partial charge in [0.05, 0.1) is 19.8 Å². The predicted octanol–water partition coefficient (Wildman–Crippen LogP) is 3.69. The Bertz CT molecular complexity index is 1050. The predicted molar refractivity (Wildman–Crippen MR) is 134 cm³/mol. The van der Waals surface area contributed by atoms with Crippen LogP contribution in [-0.2, 0) is 6.42 Å². The zero-order chi connectivity index (χ0) is 24.0. The SMILES string of the molecule is COc1ccc2c(c1)C(=CC(=O)c1cccc(C(=O)N[C@H](CO)CCSC)c1)NC(C)(C)C2. The molecule has 0 aromatic heterocycles. The fraction of sp³-hybridized carbons (Fsp3) is 0.385. The second-order valence-corrected chi connectivity index (χ2v) is 9.83. The number of methoxy groups -OCH3 is 1. The van der Waals surface area contributed by atoms with Gasteiger partial charge in [0.2, 0.25) is 0 Å². The minimum atomic E-state index is -0.313. The molecule has 0 unspecified atom stereocenters. The lowest BCUT2D eigenvalue weighted by atomic mass is 9.85. The number of aliphatic hydroxyl groups excluding tert-OH is 1. The molecule has 176 valence electrons. The molecule has 1 atom stereocenters. The monoisotopic (exact) mass is 468 g/mol. The molecule has 0 fully saturated rings. The van der Waals surface area contributed by atoms with Crippen molar-refractivity contribution in [2.75, 3.05) is 25.7 Å². The summed E-state index contributed by atoms with van der Waals surface area (Å²) in [7, 11) is 1.62. The maximum atomic E-state index is 13.2. The Hall–Kier alpha value is -2.77. The van der Waals surface area contributed by atoms with Gasteiger partial charge in [-0.3, -0.25) is 9.59 Å². The molecule has 2 aromatic carbocycles. The molecule has 0 bridgehead atoms. The number of carbonyl (C=O) groups excluding carboxylic acids is 2. The molecular weight excluding hydrogens is 436 g/mol. The summed E-state index contributed by atoms with van der Waals surface area (Å²) in [4.78, 5) is 25.8. The summed E-state index contributed by atoms with van der Waals surface area (Å²) in [5.74, 6) is 1.07. The highest BCUT2D eigenvalue weighted by molar-refractivity contribution is 7.98. The van der Waals surface area contributed by atoms with Crippen molar-refractivity contribution in [3.63, 3.8) is 0 Å². The van der Waals surface area contributed by atoms with Crippen LogP contribution in [0.25, 0.3) is 5.70 Å². The number of hydrogen-bond acceptors (Lipinski definition) is 6. The van der Waals surface area contributed by atoms with Gasteiger partial charge in [0.1, 0.15) is 5.75 Å². The quantitative estimate of drug-likeness (QED) is 0.384. The van der Waals surface area contributed by atoms with Crippen molar-refractivity contribution in [3.8, 4) is 5.75 Å². The number of thioether (sulfide) groups is 1. The molecule has 6 nitrogen and oxygen atoms in total. The van der Waals surface area contributed by atoms with Gasteiger partial charge < -0.3 is 20.5 Å². The third kappa shape index (κ3) is 6.39. The summed E-state index contributed by atoms with van der Waals surface area (Å²) in [5, 5.41) is 15.8. The molecule has 1 heterocycles. The van der Waals surface area contributed by atoms with Gasteiger partial charge in [-0.1, -0.05) is 18.2 Å². The number of aliphatic hydroxyl groups is 1. The highest BCUT2D eigenvalue weighted by Crippen LogP contribution is 2.32. The van der Waals surface area contributed by atoms with Gasteiger partial charge in [0, 0.05) is 34.0 Å². The molecule has 1 amide bonds. The summed E-state index contributed by atoms with van der Waals surface area (Å²) >= 11 is 1.66. The summed E-state index contributed by atoms with van der Waals surface area (Å²) in [6.07, 6.45) is 5.08. The van der Waals surface area contributed by atoms with Gasteiger partial charge in [0.25, 0.3) is 5.91 Å². The largest absolute Gasteiger partial charge is 0.497 e. The smallest absolute Gasteiger partial charge is 0.251 e. The first-order valence-corrected chi connectivity index (χ1v) is 12.4. The lowest BCUT2D eigenvalue weighted by molar-refractivity contribution is 0.0915. The maximum absolute atomic E-state index is 13.2. The van der Waals surface area contributed by atoms with Crippen molar-refractivity contribution >= 4 is 29.1 Å². The fourth-order valence-corrected chi connectivity index (χ4v) is 4.44. The van der Waals surface area contributed by atoms with Crippen molar-refractivity contribution in [2.24, 2.45) is 0 Å². The van der Waals surface area contributed by atoms with E-state index in [1.165, 1.54) is 0 Å². The Balaban J connectivity index is 1.85. The molecule has 0 radical (unpaired) electrons. The zero-order valence-corrected chi connectivity index (χ0v) is 20.4. The van der Waals surface area contributed by atoms with Crippen LogP contribution in [0.3, 0.4) is 0 Å². The molecule has 0 saturated heterocycles. The molecule has 2 aromatic rings. The number of ketones is 1. The van der Waals surface area contributed by atoms with Crippen LogP contribution in [0.5, 0.6) is 5.75 Å². The molecular formula is C26H32N2O4S. The lowest BCUT2D eigenvalue weighted by Gasteiger charge is -2.35. The van der Waals surface area contributed by atoms with Crippen LogP contribution in [0.1, 0.15) is 52.1 Å². The third-order valence-electron chi connectivity index (χ3n) is 5.62. The van der Waals surface area contributed by atoms with Gasteiger partial charge in [-0.05, 0) is 68.5 Å². The number of ether oxygens (including phenoxy) is 1. The van der Waals surface area contributed by atoms with Crippen LogP contribution in [0.4, 0.5) is 0 Å². The summed E-state index contributed by atoms with van der Waals surface area (Å²) in [5.41, 5.74) is 3.43. The van der Waals surface area contributed by atoms with E-state index in [-0.39, 0.29) is 29.9 Å². The molecule has 0 spiro atoms. The highest BCUT2D eigenvalue weighted by Gasteiger charge is 2.28. The number of fused-ring (bicyclic) bond motifs is 1. The summed E-state index contributed by atoms with van der Waals surface area (Å²) in [6, 6.07) is 12.3. The Morgan fingerprint density at radius 1 is 1.24 bits per heavy atom. The highest BCUT2D eigenvalue weighted by atomic mass is 32.2. The first-order chi connectivity index (χ1) is 15.8. The number of nitrogens with one attached hydrogen (secondary N) is 2. The molecule has 0 aliphatic carbocycles. The maximum Gasteiger partial charge on any atom is 0.251 e. The van der Waals surface area contributed by atoms with Crippen LogP contribution in [-0.4, -0.2) is 54.1 Å². The van der Waals surface area contributed by atoms with E-state index in [4.69, 9.17) is 4.74 Å². The summed E-state index contributed by atoms with van der Waals surface area (Å²) in [6.45, 7) is 4.07. The van der Waals surface area contributed by atoms with Crippen molar-refractivity contribution in [3.05, 3.63) is 70.8 Å². The molecule has 0 saturated carbocycles. The van der Waals surface area contributed by atoms with E-state index in [1.54, 1.807) is 49.2 Å². The van der Waals surface area contributed by atoms with Gasteiger partial charge >= 0.3 is 0 Å². The minimum Gasteiger partial charge on any atom is -0.497 e. The van der Waals surface area contributed by atoms with E-state index < -0.39 is 0 Å². The molecule has 3 N–H and O–H groups in total. The van der Waals surface area contributed by atoms with E-state index in [0.29, 0.717) is 17.5 Å². The van der Waals surface area contributed by atoms with Gasteiger partial charge in [0.15, 0.2) is 5.78 Å². The van der Waals surface area contributed by atoms with Crippen molar-refractivity contribution in [1.29, 1.82) is 0 Å². The fourth-order valence-electron chi connectivity index (χ4n) is 3.92. The van der Waals surface area contributed by atoms with Crippen LogP contribution >= 0.6 is 11.8 Å². The number of carbonyl (C=O) groups is 2.